The third-order valence-corrected chi connectivity index (χ3v) is 4.57. The lowest BCUT2D eigenvalue weighted by molar-refractivity contribution is 0.568. The van der Waals surface area contributed by atoms with E-state index in [0.29, 0.717) is 23.4 Å². The predicted octanol–water partition coefficient (Wildman–Crippen LogP) is 4.19. The van der Waals surface area contributed by atoms with Crippen LogP contribution >= 0.6 is 0 Å². The third-order valence-electron chi connectivity index (χ3n) is 4.57. The van der Waals surface area contributed by atoms with Crippen LogP contribution in [0, 0.1) is 5.82 Å². The molecule has 1 fully saturated rings. The summed E-state index contributed by atoms with van der Waals surface area (Å²) < 4.78 is 13.8. The highest BCUT2D eigenvalue weighted by atomic mass is 19.1. The molecule has 8 heteroatoms. The van der Waals surface area contributed by atoms with Crippen molar-refractivity contribution in [1.29, 1.82) is 0 Å². The first kappa shape index (κ1) is 18.8. The summed E-state index contributed by atoms with van der Waals surface area (Å²) >= 11 is 0. The van der Waals surface area contributed by atoms with E-state index in [2.05, 4.69) is 35.7 Å². The van der Waals surface area contributed by atoms with Crippen LogP contribution in [0.2, 0.25) is 0 Å². The Morgan fingerprint density at radius 1 is 0.862 bits per heavy atom. The number of hydrogen-bond acceptors (Lipinski definition) is 7. The lowest BCUT2D eigenvalue weighted by Gasteiger charge is -2.26. The fourth-order valence-corrected chi connectivity index (χ4v) is 3.10. The van der Waals surface area contributed by atoms with Crippen molar-refractivity contribution < 1.29 is 4.39 Å². The average Bonchev–Trinajstić information content (AvgIpc) is 2.76. The van der Waals surface area contributed by atoms with Crippen molar-refractivity contribution in [2.75, 3.05) is 28.7 Å². The zero-order chi connectivity index (χ0) is 19.9. The zero-order valence-corrected chi connectivity index (χ0v) is 15.9. The van der Waals surface area contributed by atoms with Crippen LogP contribution in [-0.2, 0) is 0 Å². The van der Waals surface area contributed by atoms with Crippen LogP contribution in [0.1, 0.15) is 24.8 Å². The smallest absolute Gasteiger partial charge is 0.250 e. The number of hydrazone groups is 1. The Kier molecular flexibility index (Phi) is 5.89. The van der Waals surface area contributed by atoms with E-state index in [-0.39, 0.29) is 5.82 Å². The minimum absolute atomic E-state index is 0.298. The van der Waals surface area contributed by atoms with Gasteiger partial charge in [-0.2, -0.15) is 20.1 Å². The number of nitrogens with one attached hydrogen (secondary N) is 2. The molecule has 0 amide bonds. The Morgan fingerprint density at radius 2 is 1.59 bits per heavy atom. The lowest BCUT2D eigenvalue weighted by Crippen LogP contribution is -2.31. The van der Waals surface area contributed by atoms with Gasteiger partial charge in [0.05, 0.1) is 6.21 Å². The van der Waals surface area contributed by atoms with E-state index in [1.807, 2.05) is 30.3 Å². The predicted molar refractivity (Wildman–Crippen MR) is 113 cm³/mol. The molecule has 2 aromatic carbocycles. The molecule has 0 aliphatic carbocycles. The van der Waals surface area contributed by atoms with Gasteiger partial charge in [0.1, 0.15) is 5.82 Å². The molecule has 0 bridgehead atoms. The first-order chi connectivity index (χ1) is 14.3. The molecule has 1 aromatic heterocycles. The molecule has 1 saturated heterocycles. The Morgan fingerprint density at radius 3 is 2.38 bits per heavy atom. The van der Waals surface area contributed by atoms with Gasteiger partial charge in [-0.05, 0) is 37.5 Å². The van der Waals surface area contributed by atoms with Gasteiger partial charge in [0.15, 0.2) is 0 Å². The van der Waals surface area contributed by atoms with Crippen LogP contribution in [0.3, 0.4) is 0 Å². The molecular formula is C21H22FN7. The second-order valence-electron chi connectivity index (χ2n) is 6.71. The van der Waals surface area contributed by atoms with E-state index >= 15 is 0 Å². The third kappa shape index (κ3) is 5.04. The first-order valence-corrected chi connectivity index (χ1v) is 9.65. The molecular weight excluding hydrogens is 369 g/mol. The molecule has 2 heterocycles. The summed E-state index contributed by atoms with van der Waals surface area (Å²) in [6.07, 6.45) is 4.85. The number of piperidine rings is 1. The topological polar surface area (TPSA) is 78.3 Å². The van der Waals surface area contributed by atoms with Crippen LogP contribution in [-0.4, -0.2) is 34.3 Å². The number of anilines is 4. The maximum atomic E-state index is 13.8. The number of nitrogens with zero attached hydrogens (tertiary/aromatic N) is 5. The van der Waals surface area contributed by atoms with Gasteiger partial charge in [0.25, 0.3) is 0 Å². The van der Waals surface area contributed by atoms with Gasteiger partial charge < -0.3 is 10.2 Å². The molecule has 0 atom stereocenters. The van der Waals surface area contributed by atoms with E-state index in [0.717, 1.165) is 31.6 Å². The van der Waals surface area contributed by atoms with Crippen LogP contribution in [0.15, 0.2) is 59.7 Å². The number of aromatic nitrogens is 3. The molecule has 1 aliphatic heterocycles. The number of rotatable bonds is 6. The van der Waals surface area contributed by atoms with Gasteiger partial charge >= 0.3 is 0 Å². The molecule has 148 valence electrons. The summed E-state index contributed by atoms with van der Waals surface area (Å²) in [5.41, 5.74) is 4.06. The Balaban J connectivity index is 1.57. The highest BCUT2D eigenvalue weighted by Gasteiger charge is 2.16. The first-order valence-electron chi connectivity index (χ1n) is 9.65. The highest BCUT2D eigenvalue weighted by molar-refractivity contribution is 5.80. The summed E-state index contributed by atoms with van der Waals surface area (Å²) in [5.74, 6) is 0.984. The fourth-order valence-electron chi connectivity index (χ4n) is 3.10. The molecule has 29 heavy (non-hydrogen) atoms. The van der Waals surface area contributed by atoms with Crippen LogP contribution < -0.4 is 15.6 Å². The zero-order valence-electron chi connectivity index (χ0n) is 15.9. The molecule has 0 spiro atoms. The molecule has 4 rings (SSSR count). The summed E-state index contributed by atoms with van der Waals surface area (Å²) in [6.45, 7) is 1.82. The van der Waals surface area contributed by atoms with E-state index in [9.17, 15) is 4.39 Å². The summed E-state index contributed by atoms with van der Waals surface area (Å²) in [4.78, 5) is 15.6. The van der Waals surface area contributed by atoms with E-state index in [4.69, 9.17) is 0 Å². The van der Waals surface area contributed by atoms with Crippen molar-refractivity contribution in [3.05, 3.63) is 66.0 Å². The quantitative estimate of drug-likeness (QED) is 0.485. The summed E-state index contributed by atoms with van der Waals surface area (Å²) in [5, 5.41) is 7.29. The molecule has 7 nitrogen and oxygen atoms in total. The SMILES string of the molecule is Fc1ccccc1C=NNc1nc(Nc2ccccc2)nc(N2CCCCC2)n1. The van der Waals surface area contributed by atoms with Crippen molar-refractivity contribution >= 4 is 29.7 Å². The van der Waals surface area contributed by atoms with Crippen LogP contribution in [0.25, 0.3) is 0 Å². The van der Waals surface area contributed by atoms with Crippen molar-refractivity contribution in [2.24, 2.45) is 5.10 Å². The molecule has 0 radical (unpaired) electrons. The second-order valence-corrected chi connectivity index (χ2v) is 6.71. The Hall–Kier alpha value is -3.55. The van der Waals surface area contributed by atoms with Crippen molar-refractivity contribution in [2.45, 2.75) is 19.3 Å². The van der Waals surface area contributed by atoms with E-state index < -0.39 is 0 Å². The number of halogens is 1. The summed E-state index contributed by atoms with van der Waals surface area (Å²) in [6, 6.07) is 16.1. The van der Waals surface area contributed by atoms with Crippen molar-refractivity contribution in [3.8, 4) is 0 Å². The second kappa shape index (κ2) is 9.09. The van der Waals surface area contributed by atoms with Crippen LogP contribution in [0.5, 0.6) is 0 Å². The lowest BCUT2D eigenvalue weighted by atomic mass is 10.1. The van der Waals surface area contributed by atoms with Crippen LogP contribution in [0.4, 0.5) is 27.9 Å². The summed E-state index contributed by atoms with van der Waals surface area (Å²) in [7, 11) is 0. The van der Waals surface area contributed by atoms with Crippen molar-refractivity contribution in [3.63, 3.8) is 0 Å². The van der Waals surface area contributed by atoms with Gasteiger partial charge in [0.2, 0.25) is 17.8 Å². The standard InChI is InChI=1S/C21H22FN7/c22-18-12-6-5-9-16(18)15-23-28-20-25-19(24-17-10-3-1-4-11-17)26-21(27-20)29-13-7-2-8-14-29/h1,3-6,9-12,15H,2,7-8,13-14H2,(H2,24,25,26,27,28). The molecule has 0 saturated carbocycles. The maximum Gasteiger partial charge on any atom is 0.250 e. The Labute approximate surface area is 168 Å². The normalized spacial score (nSPS) is 14.2. The molecule has 0 unspecified atom stereocenters. The van der Waals surface area contributed by atoms with Crippen molar-refractivity contribution in [1.82, 2.24) is 15.0 Å². The highest BCUT2D eigenvalue weighted by Crippen LogP contribution is 2.20. The monoisotopic (exact) mass is 391 g/mol. The number of hydrogen-bond donors (Lipinski definition) is 2. The van der Waals surface area contributed by atoms with E-state index in [1.54, 1.807) is 18.2 Å². The van der Waals surface area contributed by atoms with Gasteiger partial charge in [-0.1, -0.05) is 36.4 Å². The van der Waals surface area contributed by atoms with Gasteiger partial charge in [-0.15, -0.1) is 0 Å². The van der Waals surface area contributed by atoms with E-state index in [1.165, 1.54) is 18.7 Å². The average molecular weight is 391 g/mol. The maximum absolute atomic E-state index is 13.8. The molecule has 1 aliphatic rings. The fraction of sp³-hybridized carbons (Fsp3) is 0.238. The van der Waals surface area contributed by atoms with Gasteiger partial charge in [-0.3, -0.25) is 0 Å². The molecule has 2 N–H and O–H groups in total. The Bertz CT molecular complexity index is 972. The minimum atomic E-state index is -0.339. The minimum Gasteiger partial charge on any atom is -0.341 e. The molecule has 3 aromatic rings. The number of para-hydroxylation sites is 1. The number of benzene rings is 2. The largest absolute Gasteiger partial charge is 0.341 e. The van der Waals surface area contributed by atoms with Gasteiger partial charge in [-0.25, -0.2) is 9.82 Å². The van der Waals surface area contributed by atoms with Gasteiger partial charge in [0, 0.05) is 24.3 Å².